The van der Waals surface area contributed by atoms with Gasteiger partial charge in [-0.15, -0.1) is 0 Å². The molecule has 0 spiro atoms. The molecule has 0 amide bonds. The minimum Gasteiger partial charge on any atom is -0.383 e. The Morgan fingerprint density at radius 3 is 2.55 bits per heavy atom. The molecule has 0 bridgehead atoms. The standard InChI is InChI=1S/C26H25N5/c1-16-8-5-6-11-22(16)31-19(4)24-17(2)9-7-10-20(24)14-21(31)15-30-23-12-13-28-26(27)25(23)18(3)29-30/h5-14H,4,15H2,1-3H3,(H2,27,28). The van der Waals surface area contributed by atoms with E-state index >= 15 is 0 Å². The van der Waals surface area contributed by atoms with Gasteiger partial charge in [-0.3, -0.25) is 4.68 Å². The highest BCUT2D eigenvalue weighted by atomic mass is 15.3. The molecule has 2 N–H and O–H groups in total. The van der Waals surface area contributed by atoms with Crippen LogP contribution in [-0.2, 0) is 6.54 Å². The van der Waals surface area contributed by atoms with Gasteiger partial charge in [0.15, 0.2) is 0 Å². The van der Waals surface area contributed by atoms with Gasteiger partial charge >= 0.3 is 0 Å². The molecule has 0 unspecified atom stereocenters. The zero-order valence-electron chi connectivity index (χ0n) is 18.1. The fraction of sp³-hybridized carbons (Fsp3) is 0.154. The summed E-state index contributed by atoms with van der Waals surface area (Å²) in [7, 11) is 0. The van der Waals surface area contributed by atoms with Crippen molar-refractivity contribution in [2.24, 2.45) is 0 Å². The minimum absolute atomic E-state index is 0.514. The first kappa shape index (κ1) is 19.1. The van der Waals surface area contributed by atoms with Crippen molar-refractivity contribution in [3.63, 3.8) is 0 Å². The molecule has 3 heterocycles. The van der Waals surface area contributed by atoms with E-state index in [1.807, 2.05) is 17.7 Å². The molecular weight excluding hydrogens is 382 g/mol. The van der Waals surface area contributed by atoms with Crippen LogP contribution in [-0.4, -0.2) is 14.8 Å². The fourth-order valence-electron chi connectivity index (χ4n) is 4.58. The van der Waals surface area contributed by atoms with Crippen LogP contribution in [0.4, 0.5) is 11.5 Å². The third kappa shape index (κ3) is 3.01. The van der Waals surface area contributed by atoms with Crippen LogP contribution in [0, 0.1) is 20.8 Å². The topological polar surface area (TPSA) is 60.0 Å². The zero-order chi connectivity index (χ0) is 21.7. The van der Waals surface area contributed by atoms with E-state index in [1.54, 1.807) is 6.20 Å². The van der Waals surface area contributed by atoms with Gasteiger partial charge in [-0.1, -0.05) is 43.0 Å². The Kier molecular flexibility index (Phi) is 4.40. The lowest BCUT2D eigenvalue weighted by molar-refractivity contribution is 0.686. The lowest BCUT2D eigenvalue weighted by Crippen LogP contribution is -2.28. The Morgan fingerprint density at radius 1 is 0.968 bits per heavy atom. The Bertz CT molecular complexity index is 1380. The van der Waals surface area contributed by atoms with Crippen LogP contribution >= 0.6 is 0 Å². The van der Waals surface area contributed by atoms with Gasteiger partial charge in [-0.25, -0.2) is 4.98 Å². The fourth-order valence-corrected chi connectivity index (χ4v) is 4.58. The molecule has 2 aromatic heterocycles. The van der Waals surface area contributed by atoms with Crippen molar-refractivity contribution in [3.05, 3.63) is 95.0 Å². The largest absolute Gasteiger partial charge is 0.383 e. The average Bonchev–Trinajstić information content (AvgIpc) is 3.05. The number of para-hydroxylation sites is 1. The van der Waals surface area contributed by atoms with Crippen LogP contribution < -0.4 is 10.6 Å². The van der Waals surface area contributed by atoms with E-state index in [1.165, 1.54) is 22.3 Å². The highest BCUT2D eigenvalue weighted by Crippen LogP contribution is 2.40. The maximum Gasteiger partial charge on any atom is 0.134 e. The number of allylic oxidation sites excluding steroid dienone is 1. The molecule has 0 saturated carbocycles. The van der Waals surface area contributed by atoms with Crippen molar-refractivity contribution in [1.29, 1.82) is 0 Å². The number of nitrogen functional groups attached to an aromatic ring is 1. The van der Waals surface area contributed by atoms with E-state index < -0.39 is 0 Å². The number of hydrogen-bond donors (Lipinski definition) is 1. The lowest BCUT2D eigenvalue weighted by atomic mass is 9.93. The normalized spacial score (nSPS) is 13.5. The molecule has 4 aromatic rings. The highest BCUT2D eigenvalue weighted by molar-refractivity contribution is 5.93. The molecule has 5 heteroatoms. The number of hydrogen-bond acceptors (Lipinski definition) is 4. The summed E-state index contributed by atoms with van der Waals surface area (Å²) in [6.45, 7) is 11.4. The van der Waals surface area contributed by atoms with Crippen LogP contribution in [0.2, 0.25) is 0 Å². The summed E-state index contributed by atoms with van der Waals surface area (Å²) in [5.74, 6) is 0.514. The molecule has 2 aromatic carbocycles. The number of nitrogens with zero attached hydrogens (tertiary/aromatic N) is 4. The van der Waals surface area contributed by atoms with Crippen molar-refractivity contribution >= 4 is 34.2 Å². The van der Waals surface area contributed by atoms with E-state index in [9.17, 15) is 0 Å². The second-order valence-corrected chi connectivity index (χ2v) is 8.08. The molecule has 1 aliphatic rings. The monoisotopic (exact) mass is 407 g/mol. The van der Waals surface area contributed by atoms with Crippen molar-refractivity contribution in [2.45, 2.75) is 27.3 Å². The third-order valence-electron chi connectivity index (χ3n) is 6.01. The quantitative estimate of drug-likeness (QED) is 0.489. The Balaban J connectivity index is 1.70. The summed E-state index contributed by atoms with van der Waals surface area (Å²) in [5.41, 5.74) is 16.0. The van der Waals surface area contributed by atoms with E-state index in [2.05, 4.69) is 78.9 Å². The van der Waals surface area contributed by atoms with E-state index in [0.29, 0.717) is 12.4 Å². The Morgan fingerprint density at radius 2 is 1.74 bits per heavy atom. The minimum atomic E-state index is 0.514. The molecule has 0 saturated heterocycles. The number of rotatable bonds is 3. The first-order valence-corrected chi connectivity index (χ1v) is 10.4. The summed E-state index contributed by atoms with van der Waals surface area (Å²) in [6.07, 6.45) is 3.98. The van der Waals surface area contributed by atoms with E-state index in [-0.39, 0.29) is 0 Å². The van der Waals surface area contributed by atoms with Gasteiger partial charge in [0.05, 0.1) is 23.1 Å². The molecule has 0 aliphatic carbocycles. The summed E-state index contributed by atoms with van der Waals surface area (Å²) in [6, 6.07) is 16.8. The van der Waals surface area contributed by atoms with E-state index in [0.717, 1.165) is 33.7 Å². The smallest absolute Gasteiger partial charge is 0.134 e. The molecular formula is C26H25N5. The first-order valence-electron chi connectivity index (χ1n) is 10.4. The SMILES string of the molecule is C=C1c2c(C)cccc2C=C(Cn2nc(C)c3c(N)nccc32)N1c1ccccc1C. The number of benzene rings is 2. The van der Waals surface area contributed by atoms with Crippen molar-refractivity contribution in [2.75, 3.05) is 10.6 Å². The lowest BCUT2D eigenvalue weighted by Gasteiger charge is -2.35. The number of fused-ring (bicyclic) bond motifs is 2. The number of anilines is 2. The summed E-state index contributed by atoms with van der Waals surface area (Å²) >= 11 is 0. The van der Waals surface area contributed by atoms with Crippen molar-refractivity contribution in [1.82, 2.24) is 14.8 Å². The van der Waals surface area contributed by atoms with Crippen LogP contribution in [0.25, 0.3) is 22.7 Å². The second kappa shape index (κ2) is 7.13. The summed E-state index contributed by atoms with van der Waals surface area (Å²) in [5, 5.41) is 5.71. The van der Waals surface area contributed by atoms with Gasteiger partial charge in [-0.2, -0.15) is 5.10 Å². The van der Waals surface area contributed by atoms with Gasteiger partial charge in [0, 0.05) is 28.8 Å². The molecule has 0 fully saturated rings. The molecule has 154 valence electrons. The maximum atomic E-state index is 6.14. The predicted molar refractivity (Wildman–Crippen MR) is 129 cm³/mol. The second-order valence-electron chi connectivity index (χ2n) is 8.08. The number of nitrogens with two attached hydrogens (primary N) is 1. The molecule has 5 rings (SSSR count). The van der Waals surface area contributed by atoms with Gasteiger partial charge < -0.3 is 10.6 Å². The zero-order valence-corrected chi connectivity index (χ0v) is 18.1. The highest BCUT2D eigenvalue weighted by Gasteiger charge is 2.26. The first-order chi connectivity index (χ1) is 15.0. The van der Waals surface area contributed by atoms with E-state index in [4.69, 9.17) is 10.8 Å². The Labute approximate surface area is 182 Å². The maximum absolute atomic E-state index is 6.14. The number of aryl methyl sites for hydroxylation is 3. The molecule has 31 heavy (non-hydrogen) atoms. The summed E-state index contributed by atoms with van der Waals surface area (Å²) in [4.78, 5) is 6.50. The number of aromatic nitrogens is 3. The summed E-state index contributed by atoms with van der Waals surface area (Å²) < 4.78 is 2.01. The average molecular weight is 408 g/mol. The predicted octanol–water partition coefficient (Wildman–Crippen LogP) is 5.47. The van der Waals surface area contributed by atoms with Crippen LogP contribution in [0.3, 0.4) is 0 Å². The van der Waals surface area contributed by atoms with Crippen molar-refractivity contribution in [3.8, 4) is 0 Å². The van der Waals surface area contributed by atoms with Crippen molar-refractivity contribution < 1.29 is 0 Å². The third-order valence-corrected chi connectivity index (χ3v) is 6.01. The van der Waals surface area contributed by atoms with Crippen LogP contribution in [0.15, 0.2) is 67.0 Å². The van der Waals surface area contributed by atoms with Gasteiger partial charge in [0.1, 0.15) is 5.82 Å². The van der Waals surface area contributed by atoms with Gasteiger partial charge in [-0.05, 0) is 55.7 Å². The van der Waals surface area contributed by atoms with Crippen LogP contribution in [0.1, 0.15) is 27.9 Å². The molecule has 0 radical (unpaired) electrons. The van der Waals surface area contributed by atoms with Gasteiger partial charge in [0.2, 0.25) is 0 Å². The molecule has 1 aliphatic heterocycles. The number of pyridine rings is 1. The molecule has 5 nitrogen and oxygen atoms in total. The molecule has 0 atom stereocenters. The Hall–Kier alpha value is -3.86. The van der Waals surface area contributed by atoms with Crippen LogP contribution in [0.5, 0.6) is 0 Å². The van der Waals surface area contributed by atoms with Gasteiger partial charge in [0.25, 0.3) is 0 Å².